The van der Waals surface area contributed by atoms with Gasteiger partial charge in [-0.05, 0) is 78.3 Å². The van der Waals surface area contributed by atoms with Crippen molar-refractivity contribution in [2.24, 2.45) is 0 Å². The Morgan fingerprint density at radius 1 is 1.10 bits per heavy atom. The van der Waals surface area contributed by atoms with Crippen LogP contribution in [0.2, 0.25) is 0 Å². The first kappa shape index (κ1) is 21.3. The van der Waals surface area contributed by atoms with Crippen LogP contribution in [0.5, 0.6) is 0 Å². The quantitative estimate of drug-likeness (QED) is 0.556. The molecule has 0 unspecified atom stereocenters. The van der Waals surface area contributed by atoms with Crippen molar-refractivity contribution in [1.29, 1.82) is 0 Å². The molecular weight excluding hydrogens is 382 g/mol. The van der Waals surface area contributed by atoms with E-state index < -0.39 is 5.97 Å². The molecule has 2 aromatic rings. The highest BCUT2D eigenvalue weighted by Gasteiger charge is 2.30. The predicted octanol–water partition coefficient (Wildman–Crippen LogP) is 4.66. The van der Waals surface area contributed by atoms with Gasteiger partial charge in [0.1, 0.15) is 0 Å². The summed E-state index contributed by atoms with van der Waals surface area (Å²) in [5.41, 5.74) is 3.89. The summed E-state index contributed by atoms with van der Waals surface area (Å²) in [4.78, 5) is 35.7. The molecule has 0 saturated carbocycles. The van der Waals surface area contributed by atoms with E-state index in [0.29, 0.717) is 17.9 Å². The third-order valence-electron chi connectivity index (χ3n) is 5.34. The summed E-state index contributed by atoms with van der Waals surface area (Å²) in [5.74, 6) is -1.71. The van der Waals surface area contributed by atoms with Crippen LogP contribution in [0.25, 0.3) is 5.57 Å². The standard InChI is InChI=1S/C24H25NO5/c1-4-30-21(26)14-16-11-12-24(2,3)20-10-7-17(13-19(16)20)22(27)25-18-8-5-15(6-9-18)23(28)29/h5-10,13-14H,4,11-12H2,1-3H3,(H,25,27)(H,28,29). The number of amides is 1. The number of hydrogen-bond donors (Lipinski definition) is 2. The van der Waals surface area contributed by atoms with Gasteiger partial charge < -0.3 is 15.2 Å². The van der Waals surface area contributed by atoms with Gasteiger partial charge in [0.2, 0.25) is 0 Å². The van der Waals surface area contributed by atoms with Crippen molar-refractivity contribution in [1.82, 2.24) is 0 Å². The second kappa shape index (κ2) is 8.53. The molecule has 0 aromatic heterocycles. The van der Waals surface area contributed by atoms with Crippen molar-refractivity contribution in [3.8, 4) is 0 Å². The largest absolute Gasteiger partial charge is 0.478 e. The number of benzene rings is 2. The molecule has 0 aliphatic heterocycles. The molecule has 6 heteroatoms. The number of rotatable bonds is 5. The zero-order chi connectivity index (χ0) is 21.9. The van der Waals surface area contributed by atoms with Crippen molar-refractivity contribution in [3.05, 3.63) is 70.8 Å². The fourth-order valence-electron chi connectivity index (χ4n) is 3.63. The molecule has 0 atom stereocenters. The average Bonchev–Trinajstić information content (AvgIpc) is 2.70. The molecule has 1 aliphatic rings. The summed E-state index contributed by atoms with van der Waals surface area (Å²) in [7, 11) is 0. The molecule has 0 fully saturated rings. The first-order valence-corrected chi connectivity index (χ1v) is 9.88. The van der Waals surface area contributed by atoms with E-state index in [1.807, 2.05) is 12.1 Å². The van der Waals surface area contributed by atoms with Gasteiger partial charge in [-0.25, -0.2) is 9.59 Å². The Morgan fingerprint density at radius 3 is 2.40 bits per heavy atom. The number of aromatic carboxylic acids is 1. The van der Waals surface area contributed by atoms with E-state index in [-0.39, 0.29) is 22.9 Å². The van der Waals surface area contributed by atoms with E-state index in [1.165, 1.54) is 18.2 Å². The van der Waals surface area contributed by atoms with Gasteiger partial charge in [0, 0.05) is 17.3 Å². The number of carboxylic acids is 1. The zero-order valence-corrected chi connectivity index (χ0v) is 17.3. The fourth-order valence-corrected chi connectivity index (χ4v) is 3.63. The van der Waals surface area contributed by atoms with Crippen molar-refractivity contribution >= 4 is 29.1 Å². The summed E-state index contributed by atoms with van der Waals surface area (Å²) in [6.45, 7) is 6.37. The predicted molar refractivity (Wildman–Crippen MR) is 115 cm³/mol. The molecule has 156 valence electrons. The average molecular weight is 407 g/mol. The van der Waals surface area contributed by atoms with Crippen LogP contribution in [0, 0.1) is 0 Å². The van der Waals surface area contributed by atoms with Gasteiger partial charge in [0.15, 0.2) is 0 Å². The molecule has 6 nitrogen and oxygen atoms in total. The number of nitrogens with one attached hydrogen (secondary N) is 1. The highest BCUT2D eigenvalue weighted by Crippen LogP contribution is 2.42. The number of allylic oxidation sites excluding steroid dienone is 1. The molecule has 1 amide bonds. The van der Waals surface area contributed by atoms with Gasteiger partial charge in [-0.1, -0.05) is 19.9 Å². The summed E-state index contributed by atoms with van der Waals surface area (Å²) < 4.78 is 5.06. The minimum atomic E-state index is -1.02. The molecule has 2 N–H and O–H groups in total. The van der Waals surface area contributed by atoms with Crippen LogP contribution in [0.15, 0.2) is 48.5 Å². The highest BCUT2D eigenvalue weighted by molar-refractivity contribution is 6.05. The Morgan fingerprint density at radius 2 is 1.77 bits per heavy atom. The lowest BCUT2D eigenvalue weighted by molar-refractivity contribution is -0.137. The van der Waals surface area contributed by atoms with Crippen LogP contribution in [-0.2, 0) is 14.9 Å². The number of anilines is 1. The van der Waals surface area contributed by atoms with Gasteiger partial charge >= 0.3 is 11.9 Å². The Labute approximate surface area is 175 Å². The lowest BCUT2D eigenvalue weighted by Gasteiger charge is -2.34. The fraction of sp³-hybridized carbons (Fsp3) is 0.292. The van der Waals surface area contributed by atoms with Gasteiger partial charge in [-0.3, -0.25) is 4.79 Å². The Kier molecular flexibility index (Phi) is 6.06. The number of hydrogen-bond acceptors (Lipinski definition) is 4. The minimum absolute atomic E-state index is 0.0665. The molecule has 1 aliphatic carbocycles. The maximum atomic E-state index is 12.8. The van der Waals surface area contributed by atoms with Gasteiger partial charge in [-0.2, -0.15) is 0 Å². The third-order valence-corrected chi connectivity index (χ3v) is 5.34. The summed E-state index contributed by atoms with van der Waals surface area (Å²) in [5, 5.41) is 11.8. The third kappa shape index (κ3) is 4.59. The van der Waals surface area contributed by atoms with Gasteiger partial charge in [0.25, 0.3) is 5.91 Å². The van der Waals surface area contributed by atoms with Crippen LogP contribution < -0.4 is 5.32 Å². The summed E-state index contributed by atoms with van der Waals surface area (Å²) in [6.07, 6.45) is 3.14. The number of carbonyl (C=O) groups excluding carboxylic acids is 2. The normalized spacial score (nSPS) is 15.9. The Hall–Kier alpha value is -3.41. The van der Waals surface area contributed by atoms with Crippen LogP contribution in [0.4, 0.5) is 5.69 Å². The SMILES string of the molecule is CCOC(=O)C=C1CCC(C)(C)c2ccc(C(=O)Nc3ccc(C(=O)O)cc3)cc21. The maximum Gasteiger partial charge on any atom is 0.335 e. The van der Waals surface area contributed by atoms with Gasteiger partial charge in [0.05, 0.1) is 12.2 Å². The molecule has 3 rings (SSSR count). The van der Waals surface area contributed by atoms with Crippen LogP contribution >= 0.6 is 0 Å². The molecule has 0 spiro atoms. The van der Waals surface area contributed by atoms with E-state index in [9.17, 15) is 14.4 Å². The number of carbonyl (C=O) groups is 3. The molecule has 30 heavy (non-hydrogen) atoms. The van der Waals surface area contributed by atoms with E-state index in [0.717, 1.165) is 29.5 Å². The number of fused-ring (bicyclic) bond motifs is 1. The van der Waals surface area contributed by atoms with Crippen molar-refractivity contribution < 1.29 is 24.2 Å². The first-order chi connectivity index (χ1) is 14.2. The number of carboxylic acid groups (broad SMARTS) is 1. The van der Waals surface area contributed by atoms with E-state index >= 15 is 0 Å². The van der Waals surface area contributed by atoms with E-state index in [1.54, 1.807) is 25.1 Å². The van der Waals surface area contributed by atoms with Crippen LogP contribution in [0.1, 0.15) is 65.5 Å². The summed E-state index contributed by atoms with van der Waals surface area (Å²) >= 11 is 0. The minimum Gasteiger partial charge on any atom is -0.478 e. The second-order valence-corrected chi connectivity index (χ2v) is 7.90. The number of ether oxygens (including phenoxy) is 1. The smallest absolute Gasteiger partial charge is 0.335 e. The molecule has 0 bridgehead atoms. The second-order valence-electron chi connectivity index (χ2n) is 7.90. The Balaban J connectivity index is 1.91. The maximum absolute atomic E-state index is 12.8. The molecule has 0 heterocycles. The Bertz CT molecular complexity index is 1020. The lowest BCUT2D eigenvalue weighted by atomic mass is 9.70. The van der Waals surface area contributed by atoms with Crippen molar-refractivity contribution in [2.75, 3.05) is 11.9 Å². The first-order valence-electron chi connectivity index (χ1n) is 9.88. The van der Waals surface area contributed by atoms with Gasteiger partial charge in [-0.15, -0.1) is 0 Å². The lowest BCUT2D eigenvalue weighted by Crippen LogP contribution is -2.24. The topological polar surface area (TPSA) is 92.7 Å². The van der Waals surface area contributed by atoms with E-state index in [4.69, 9.17) is 9.84 Å². The summed E-state index contributed by atoms with van der Waals surface area (Å²) in [6, 6.07) is 11.5. The van der Waals surface area contributed by atoms with Crippen molar-refractivity contribution in [3.63, 3.8) is 0 Å². The highest BCUT2D eigenvalue weighted by atomic mass is 16.5. The van der Waals surface area contributed by atoms with Crippen molar-refractivity contribution in [2.45, 2.75) is 39.0 Å². The number of esters is 1. The van der Waals surface area contributed by atoms with Crippen LogP contribution in [0.3, 0.4) is 0 Å². The zero-order valence-electron chi connectivity index (χ0n) is 17.3. The van der Waals surface area contributed by atoms with E-state index in [2.05, 4.69) is 19.2 Å². The molecule has 0 saturated heterocycles. The molecule has 0 radical (unpaired) electrons. The van der Waals surface area contributed by atoms with Crippen LogP contribution in [-0.4, -0.2) is 29.6 Å². The molecular formula is C24H25NO5. The monoisotopic (exact) mass is 407 g/mol. The molecule has 2 aromatic carbocycles.